The Bertz CT molecular complexity index is 1190. The van der Waals surface area contributed by atoms with Crippen molar-refractivity contribution < 1.29 is 23.2 Å². The van der Waals surface area contributed by atoms with Crippen LogP contribution in [-0.4, -0.2) is 54.0 Å². The molecule has 2 aromatic heterocycles. The number of furan rings is 2. The van der Waals surface area contributed by atoms with E-state index in [4.69, 9.17) is 13.6 Å². The van der Waals surface area contributed by atoms with Gasteiger partial charge < -0.3 is 23.8 Å². The molecule has 8 nitrogen and oxygen atoms in total. The molecule has 2 amide bonds. The second kappa shape index (κ2) is 12.5. The monoisotopic (exact) mass is 519 g/mol. The van der Waals surface area contributed by atoms with E-state index >= 15 is 0 Å². The van der Waals surface area contributed by atoms with E-state index in [1.54, 1.807) is 17.0 Å². The molecule has 1 saturated carbocycles. The van der Waals surface area contributed by atoms with E-state index in [2.05, 4.69) is 10.2 Å². The normalized spacial score (nSPS) is 17.7. The summed E-state index contributed by atoms with van der Waals surface area (Å²) in [5.41, 5.74) is 0.916. The fraction of sp³-hybridized carbons (Fsp3) is 0.467. The molecule has 0 unspecified atom stereocenters. The predicted molar refractivity (Wildman–Crippen MR) is 142 cm³/mol. The molecule has 1 atom stereocenters. The summed E-state index contributed by atoms with van der Waals surface area (Å²) in [6, 6.07) is 16.1. The van der Waals surface area contributed by atoms with Crippen molar-refractivity contribution in [3.8, 4) is 0 Å². The minimum atomic E-state index is -0.925. The first-order valence-corrected chi connectivity index (χ1v) is 13.7. The van der Waals surface area contributed by atoms with Crippen LogP contribution in [0.25, 0.3) is 0 Å². The number of carbonyl (C=O) groups is 2. The van der Waals surface area contributed by atoms with Crippen molar-refractivity contribution in [3.63, 3.8) is 0 Å². The Hall–Kier alpha value is -3.36. The Morgan fingerprint density at radius 3 is 2.45 bits per heavy atom. The zero-order valence-electron chi connectivity index (χ0n) is 22.1. The van der Waals surface area contributed by atoms with Gasteiger partial charge in [0.05, 0.1) is 19.8 Å². The Balaban J connectivity index is 1.44. The minimum absolute atomic E-state index is 0.104. The van der Waals surface area contributed by atoms with E-state index in [0.717, 1.165) is 44.3 Å². The molecule has 1 aliphatic heterocycles. The number of hydrogen-bond acceptors (Lipinski definition) is 6. The van der Waals surface area contributed by atoms with Gasteiger partial charge in [-0.15, -0.1) is 0 Å². The largest absolute Gasteiger partial charge is 0.464 e. The number of benzene rings is 1. The molecule has 0 spiro atoms. The van der Waals surface area contributed by atoms with Crippen LogP contribution in [0.15, 0.2) is 63.4 Å². The molecule has 3 aromatic rings. The third-order valence-corrected chi connectivity index (χ3v) is 7.35. The number of aryl methyl sites for hydroxylation is 1. The van der Waals surface area contributed by atoms with Crippen LogP contribution >= 0.6 is 0 Å². The summed E-state index contributed by atoms with van der Waals surface area (Å²) in [5.74, 6) is 1.49. The Kier molecular flexibility index (Phi) is 8.61. The van der Waals surface area contributed by atoms with E-state index in [9.17, 15) is 9.59 Å². The van der Waals surface area contributed by atoms with Gasteiger partial charge in [0, 0.05) is 25.7 Å². The van der Waals surface area contributed by atoms with Crippen LogP contribution in [-0.2, 0) is 22.6 Å². The van der Waals surface area contributed by atoms with Crippen molar-refractivity contribution in [1.29, 1.82) is 0 Å². The van der Waals surface area contributed by atoms with Gasteiger partial charge in [0.1, 0.15) is 17.3 Å². The maximum Gasteiger partial charge on any atom is 0.290 e. The van der Waals surface area contributed by atoms with Crippen molar-refractivity contribution in [3.05, 3.63) is 83.2 Å². The fourth-order valence-electron chi connectivity index (χ4n) is 5.31. The molecule has 3 heterocycles. The summed E-state index contributed by atoms with van der Waals surface area (Å²) in [6.07, 6.45) is 5.29. The van der Waals surface area contributed by atoms with Gasteiger partial charge in [-0.3, -0.25) is 14.5 Å². The lowest BCUT2D eigenvalue weighted by Crippen LogP contribution is -2.46. The third kappa shape index (κ3) is 6.55. The fourth-order valence-corrected chi connectivity index (χ4v) is 5.31. The number of carbonyl (C=O) groups excluding carboxylic acids is 2. The molecule has 0 radical (unpaired) electrons. The Labute approximate surface area is 223 Å². The van der Waals surface area contributed by atoms with Crippen LogP contribution in [0.2, 0.25) is 0 Å². The topological polar surface area (TPSA) is 88.2 Å². The van der Waals surface area contributed by atoms with Gasteiger partial charge in [0.2, 0.25) is 0 Å². The molecule has 2 fully saturated rings. The van der Waals surface area contributed by atoms with Crippen LogP contribution < -0.4 is 5.32 Å². The summed E-state index contributed by atoms with van der Waals surface area (Å²) < 4.78 is 17.5. The molecule has 2 aliphatic rings. The quantitative estimate of drug-likeness (QED) is 0.435. The van der Waals surface area contributed by atoms with E-state index in [1.165, 1.54) is 6.42 Å². The first-order valence-electron chi connectivity index (χ1n) is 13.7. The molecule has 0 bridgehead atoms. The van der Waals surface area contributed by atoms with Gasteiger partial charge in [-0.25, -0.2) is 0 Å². The number of nitrogens with one attached hydrogen (secondary N) is 1. The molecule has 1 aliphatic carbocycles. The highest BCUT2D eigenvalue weighted by atomic mass is 16.5. The number of ether oxygens (including phenoxy) is 1. The molecular formula is C30H37N3O5. The first-order chi connectivity index (χ1) is 18.6. The molecular weight excluding hydrogens is 482 g/mol. The molecule has 5 rings (SSSR count). The second-order valence-corrected chi connectivity index (χ2v) is 10.3. The number of morpholine rings is 1. The van der Waals surface area contributed by atoms with Crippen LogP contribution in [0.1, 0.15) is 71.5 Å². The average molecular weight is 520 g/mol. The molecule has 8 heteroatoms. The van der Waals surface area contributed by atoms with E-state index < -0.39 is 6.04 Å². The highest BCUT2D eigenvalue weighted by molar-refractivity contribution is 5.96. The maximum absolute atomic E-state index is 14.0. The summed E-state index contributed by atoms with van der Waals surface area (Å²) in [6.45, 7) is 5.72. The van der Waals surface area contributed by atoms with Crippen molar-refractivity contribution in [2.24, 2.45) is 0 Å². The van der Waals surface area contributed by atoms with Crippen LogP contribution in [0, 0.1) is 6.92 Å². The van der Waals surface area contributed by atoms with Gasteiger partial charge in [-0.1, -0.05) is 49.6 Å². The third-order valence-electron chi connectivity index (χ3n) is 7.35. The molecule has 1 saturated heterocycles. The van der Waals surface area contributed by atoms with Gasteiger partial charge in [-0.05, 0) is 49.6 Å². The van der Waals surface area contributed by atoms with Gasteiger partial charge in [0.15, 0.2) is 11.8 Å². The van der Waals surface area contributed by atoms with Gasteiger partial charge in [0.25, 0.3) is 11.8 Å². The lowest BCUT2D eigenvalue weighted by Gasteiger charge is -2.31. The van der Waals surface area contributed by atoms with Gasteiger partial charge >= 0.3 is 0 Å². The number of hydrogen-bond donors (Lipinski definition) is 1. The van der Waals surface area contributed by atoms with Gasteiger partial charge in [-0.2, -0.15) is 0 Å². The summed E-state index contributed by atoms with van der Waals surface area (Å²) >= 11 is 0. The van der Waals surface area contributed by atoms with Crippen LogP contribution in [0.3, 0.4) is 0 Å². The van der Waals surface area contributed by atoms with Crippen molar-refractivity contribution >= 4 is 11.8 Å². The minimum Gasteiger partial charge on any atom is -0.464 e. The first kappa shape index (κ1) is 26.3. The summed E-state index contributed by atoms with van der Waals surface area (Å²) in [7, 11) is 0. The van der Waals surface area contributed by atoms with Crippen LogP contribution in [0.4, 0.5) is 0 Å². The zero-order chi connectivity index (χ0) is 26.3. The van der Waals surface area contributed by atoms with E-state index in [1.807, 2.05) is 49.4 Å². The molecule has 1 N–H and O–H groups in total. The number of rotatable bonds is 9. The Morgan fingerprint density at radius 2 is 1.74 bits per heavy atom. The number of nitrogens with zero attached hydrogens (tertiary/aromatic N) is 2. The molecule has 202 valence electrons. The zero-order valence-corrected chi connectivity index (χ0v) is 22.1. The van der Waals surface area contributed by atoms with Crippen molar-refractivity contribution in [2.75, 3.05) is 26.3 Å². The van der Waals surface area contributed by atoms with Crippen molar-refractivity contribution in [1.82, 2.24) is 15.1 Å². The number of amides is 2. The molecule has 38 heavy (non-hydrogen) atoms. The van der Waals surface area contributed by atoms with E-state index in [-0.39, 0.29) is 30.2 Å². The highest BCUT2D eigenvalue weighted by Crippen LogP contribution is 2.29. The smallest absolute Gasteiger partial charge is 0.290 e. The lowest BCUT2D eigenvalue weighted by atomic mass is 9.95. The summed E-state index contributed by atoms with van der Waals surface area (Å²) in [4.78, 5) is 31.7. The highest BCUT2D eigenvalue weighted by Gasteiger charge is 2.36. The second-order valence-electron chi connectivity index (χ2n) is 10.3. The SMILES string of the molecule is Cc1ccc([C@H](C(=O)NC2CCCCC2)N(Cc2ccccc2)C(=O)c2ccc(CN3CCOCC3)o2)o1. The van der Waals surface area contributed by atoms with E-state index in [0.29, 0.717) is 37.0 Å². The standard InChI is InChI=1S/C30H37N3O5/c1-22-12-14-26(37-22)28(29(34)31-24-10-6-3-7-11-24)33(20-23-8-4-2-5-9-23)30(35)27-15-13-25(38-27)21-32-16-18-36-19-17-32/h2,4-5,8-9,12-15,24,28H,3,6-7,10-11,16-21H2,1H3,(H,31,34)/t28-/m1/s1. The van der Waals surface area contributed by atoms with Crippen molar-refractivity contribution in [2.45, 2.75) is 64.2 Å². The Morgan fingerprint density at radius 1 is 0.974 bits per heavy atom. The lowest BCUT2D eigenvalue weighted by molar-refractivity contribution is -0.127. The average Bonchev–Trinajstić information content (AvgIpc) is 3.59. The predicted octanol–water partition coefficient (Wildman–Crippen LogP) is 4.85. The van der Waals surface area contributed by atoms with Crippen LogP contribution in [0.5, 0.6) is 0 Å². The summed E-state index contributed by atoms with van der Waals surface area (Å²) in [5, 5.41) is 3.22. The maximum atomic E-state index is 14.0. The molecule has 1 aromatic carbocycles.